The van der Waals surface area contributed by atoms with Crippen LogP contribution >= 0.6 is 15.9 Å². The van der Waals surface area contributed by atoms with E-state index in [1.54, 1.807) is 31.2 Å². The van der Waals surface area contributed by atoms with Gasteiger partial charge in [0, 0.05) is 12.3 Å². The second-order valence-electron chi connectivity index (χ2n) is 7.72. The predicted molar refractivity (Wildman–Crippen MR) is 120 cm³/mol. The number of halogens is 4. The first-order valence-corrected chi connectivity index (χ1v) is 11.4. The number of benzene rings is 1. The van der Waals surface area contributed by atoms with E-state index in [1.807, 2.05) is 6.07 Å². The molecule has 1 aliphatic rings. The molecule has 0 aliphatic heterocycles. The van der Waals surface area contributed by atoms with Gasteiger partial charge in [0.1, 0.15) is 5.56 Å². The first-order valence-electron chi connectivity index (χ1n) is 10.6. The van der Waals surface area contributed by atoms with E-state index in [-0.39, 0.29) is 41.3 Å². The number of nitrogens with zero attached hydrogens (tertiary/aromatic N) is 4. The fourth-order valence-corrected chi connectivity index (χ4v) is 4.38. The molecule has 2 aromatic heterocycles. The van der Waals surface area contributed by atoms with Crippen molar-refractivity contribution >= 4 is 33.6 Å². The van der Waals surface area contributed by atoms with Crippen LogP contribution in [0.4, 0.5) is 19.0 Å². The van der Waals surface area contributed by atoms with E-state index in [9.17, 15) is 22.8 Å². The van der Waals surface area contributed by atoms with Gasteiger partial charge < -0.3 is 10.1 Å². The second-order valence-corrected chi connectivity index (χ2v) is 8.51. The van der Waals surface area contributed by atoms with E-state index in [0.717, 1.165) is 12.8 Å². The monoisotopic (exact) mass is 539 g/mol. The van der Waals surface area contributed by atoms with E-state index < -0.39 is 23.7 Å². The molecule has 0 radical (unpaired) electrons. The highest BCUT2D eigenvalue weighted by Gasteiger charge is 2.41. The number of amides is 1. The zero-order valence-electron chi connectivity index (χ0n) is 18.1. The molecule has 0 bridgehead atoms. The lowest BCUT2D eigenvalue weighted by Gasteiger charge is -2.12. The van der Waals surface area contributed by atoms with Gasteiger partial charge in [-0.1, -0.05) is 18.2 Å². The average Bonchev–Trinajstić information content (AvgIpc) is 3.44. The molecule has 0 spiro atoms. The molecule has 8 nitrogen and oxygen atoms in total. The van der Waals surface area contributed by atoms with E-state index in [1.165, 1.54) is 15.6 Å². The van der Waals surface area contributed by atoms with Gasteiger partial charge in [-0.3, -0.25) is 9.48 Å². The summed E-state index contributed by atoms with van der Waals surface area (Å²) in [5.41, 5.74) is 0.123. The number of hydrogen-bond donors (Lipinski definition) is 1. The smallest absolute Gasteiger partial charge is 0.436 e. The van der Waals surface area contributed by atoms with Crippen molar-refractivity contribution in [3.05, 3.63) is 58.0 Å². The molecule has 0 unspecified atom stereocenters. The van der Waals surface area contributed by atoms with Gasteiger partial charge in [0.2, 0.25) is 5.91 Å². The Balaban J connectivity index is 1.56. The number of aromatic nitrogens is 4. The number of para-hydroxylation sites is 1. The van der Waals surface area contributed by atoms with Crippen molar-refractivity contribution in [3.8, 4) is 5.69 Å². The number of carbonyl (C=O) groups is 2. The molecule has 34 heavy (non-hydrogen) atoms. The summed E-state index contributed by atoms with van der Waals surface area (Å²) in [6.45, 7) is 1.75. The largest absolute Gasteiger partial charge is 0.462 e. The Bertz CT molecular complexity index is 1200. The lowest BCUT2D eigenvalue weighted by Crippen LogP contribution is -2.20. The average molecular weight is 540 g/mol. The predicted octanol–water partition coefficient (Wildman–Crippen LogP) is 4.93. The number of hydrogen-bond acceptors (Lipinski definition) is 5. The standard InChI is InChI=1S/C22H21BrF3N5O3/c1-2-34-21(33)15-12-27-31(14-6-4-3-5-7-14)20(15)28-16(32)10-11-30-18(13-8-9-13)17(23)19(29-30)22(24,25)26/h3-7,12-13H,2,8-11H2,1H3,(H,28,32). The van der Waals surface area contributed by atoms with Gasteiger partial charge in [0.25, 0.3) is 0 Å². The van der Waals surface area contributed by atoms with E-state index >= 15 is 0 Å². The van der Waals surface area contributed by atoms with Crippen molar-refractivity contribution in [3.63, 3.8) is 0 Å². The summed E-state index contributed by atoms with van der Waals surface area (Å²) in [7, 11) is 0. The Morgan fingerprint density at radius 1 is 1.24 bits per heavy atom. The summed E-state index contributed by atoms with van der Waals surface area (Å²) in [4.78, 5) is 25.2. The minimum absolute atomic E-state index is 0.0176. The van der Waals surface area contributed by atoms with Crippen molar-refractivity contribution in [1.82, 2.24) is 19.6 Å². The number of anilines is 1. The van der Waals surface area contributed by atoms with Crippen molar-refractivity contribution in [1.29, 1.82) is 0 Å². The highest BCUT2D eigenvalue weighted by atomic mass is 79.9. The summed E-state index contributed by atoms with van der Waals surface area (Å²) >= 11 is 3.04. The number of rotatable bonds is 8. The van der Waals surface area contributed by atoms with Crippen LogP contribution in [0, 0.1) is 0 Å². The van der Waals surface area contributed by atoms with Gasteiger partial charge in [-0.05, 0) is 47.8 Å². The van der Waals surface area contributed by atoms with Gasteiger partial charge in [0.05, 0.1) is 35.2 Å². The summed E-state index contributed by atoms with van der Waals surface area (Å²) in [5, 5.41) is 10.6. The van der Waals surface area contributed by atoms with Crippen LogP contribution in [0.25, 0.3) is 5.69 Å². The summed E-state index contributed by atoms with van der Waals surface area (Å²) in [5.74, 6) is -1.06. The van der Waals surface area contributed by atoms with Gasteiger partial charge in [0.15, 0.2) is 11.5 Å². The van der Waals surface area contributed by atoms with Gasteiger partial charge in [-0.25, -0.2) is 9.48 Å². The van der Waals surface area contributed by atoms with Crippen molar-refractivity contribution in [2.45, 2.75) is 44.8 Å². The lowest BCUT2D eigenvalue weighted by molar-refractivity contribution is -0.142. The van der Waals surface area contributed by atoms with Crippen LogP contribution in [0.1, 0.15) is 53.8 Å². The minimum Gasteiger partial charge on any atom is -0.462 e. The van der Waals surface area contributed by atoms with Crippen LogP contribution in [-0.2, 0) is 22.3 Å². The van der Waals surface area contributed by atoms with E-state index in [4.69, 9.17) is 4.74 Å². The molecule has 1 amide bonds. The molecule has 12 heteroatoms. The molecule has 4 rings (SSSR count). The maximum Gasteiger partial charge on any atom is 0.436 e. The molecule has 1 fully saturated rings. The maximum atomic E-state index is 13.3. The van der Waals surface area contributed by atoms with E-state index in [0.29, 0.717) is 11.4 Å². The zero-order valence-corrected chi connectivity index (χ0v) is 19.7. The van der Waals surface area contributed by atoms with Gasteiger partial charge >= 0.3 is 12.1 Å². The minimum atomic E-state index is -4.60. The van der Waals surface area contributed by atoms with Gasteiger partial charge in [-0.15, -0.1) is 0 Å². The molecule has 1 aliphatic carbocycles. The summed E-state index contributed by atoms with van der Waals surface area (Å²) in [6, 6.07) is 8.87. The van der Waals surface area contributed by atoms with Gasteiger partial charge in [-0.2, -0.15) is 23.4 Å². The number of aryl methyl sites for hydroxylation is 1. The first-order chi connectivity index (χ1) is 16.2. The van der Waals surface area contributed by atoms with Crippen LogP contribution in [0.5, 0.6) is 0 Å². The van der Waals surface area contributed by atoms with Crippen molar-refractivity contribution in [2.75, 3.05) is 11.9 Å². The quantitative estimate of drug-likeness (QED) is 0.409. The van der Waals surface area contributed by atoms with Crippen LogP contribution in [-0.4, -0.2) is 38.0 Å². The molecule has 180 valence electrons. The Morgan fingerprint density at radius 2 is 1.94 bits per heavy atom. The third-order valence-corrected chi connectivity index (χ3v) is 6.02. The topological polar surface area (TPSA) is 91.0 Å². The number of nitrogens with one attached hydrogen (secondary N) is 1. The normalized spacial score (nSPS) is 13.7. The molecule has 0 atom stereocenters. The molecule has 1 saturated carbocycles. The van der Waals surface area contributed by atoms with Crippen LogP contribution in [0.15, 0.2) is 41.0 Å². The van der Waals surface area contributed by atoms with E-state index in [2.05, 4.69) is 31.4 Å². The van der Waals surface area contributed by atoms with Crippen LogP contribution < -0.4 is 5.32 Å². The Labute approximate surface area is 201 Å². The highest BCUT2D eigenvalue weighted by molar-refractivity contribution is 9.10. The summed E-state index contributed by atoms with van der Waals surface area (Å²) in [6.07, 6.45) is -1.92. The highest BCUT2D eigenvalue weighted by Crippen LogP contribution is 2.47. The first kappa shape index (κ1) is 24.0. The molecule has 3 aromatic rings. The molecular formula is C22H21BrF3N5O3. The number of ether oxygens (including phenoxy) is 1. The number of carbonyl (C=O) groups excluding carboxylic acids is 2. The van der Waals surface area contributed by atoms with Crippen molar-refractivity contribution in [2.24, 2.45) is 0 Å². The maximum absolute atomic E-state index is 13.3. The fraction of sp³-hybridized carbons (Fsp3) is 0.364. The third-order valence-electron chi connectivity index (χ3n) is 5.24. The number of alkyl halides is 3. The fourth-order valence-electron chi connectivity index (χ4n) is 3.55. The van der Waals surface area contributed by atoms with Crippen LogP contribution in [0.3, 0.4) is 0 Å². The third kappa shape index (κ3) is 5.01. The molecular weight excluding hydrogens is 519 g/mol. The molecule has 1 N–H and O–H groups in total. The molecule has 1 aromatic carbocycles. The lowest BCUT2D eigenvalue weighted by atomic mass is 10.2. The zero-order chi connectivity index (χ0) is 24.5. The Morgan fingerprint density at radius 3 is 2.56 bits per heavy atom. The second kappa shape index (κ2) is 9.61. The molecule has 0 saturated heterocycles. The molecule has 2 heterocycles. The summed E-state index contributed by atoms with van der Waals surface area (Å²) < 4.78 is 47.6. The van der Waals surface area contributed by atoms with Crippen molar-refractivity contribution < 1.29 is 27.5 Å². The van der Waals surface area contributed by atoms with Crippen LogP contribution in [0.2, 0.25) is 0 Å². The number of esters is 1. The SMILES string of the molecule is CCOC(=O)c1cnn(-c2ccccc2)c1NC(=O)CCn1nc(C(F)(F)F)c(Br)c1C1CC1. The Hall–Kier alpha value is -3.15. The Kier molecular flexibility index (Phi) is 6.78.